The van der Waals surface area contributed by atoms with E-state index >= 15 is 0 Å². The van der Waals surface area contributed by atoms with Crippen LogP contribution in [-0.2, 0) is 11.3 Å². The molecule has 7 heteroatoms. The smallest absolute Gasteiger partial charge is 0.248 e. The van der Waals surface area contributed by atoms with Crippen molar-refractivity contribution in [2.75, 3.05) is 5.32 Å². The third kappa shape index (κ3) is 3.68. The molecule has 0 unspecified atom stereocenters. The molecule has 1 N–H and O–H groups in total. The number of aromatic nitrogens is 4. The van der Waals surface area contributed by atoms with Gasteiger partial charge in [-0.05, 0) is 40.6 Å². The van der Waals surface area contributed by atoms with E-state index in [1.54, 1.807) is 11.3 Å². The van der Waals surface area contributed by atoms with Gasteiger partial charge in [0.1, 0.15) is 6.54 Å². The summed E-state index contributed by atoms with van der Waals surface area (Å²) < 4.78 is 0. The van der Waals surface area contributed by atoms with Gasteiger partial charge in [-0.1, -0.05) is 32.0 Å². The molecule has 3 rings (SSSR count). The van der Waals surface area contributed by atoms with Gasteiger partial charge in [-0.15, -0.1) is 10.2 Å². The van der Waals surface area contributed by atoms with Crippen molar-refractivity contribution in [3.63, 3.8) is 0 Å². The Labute approximate surface area is 144 Å². The topological polar surface area (TPSA) is 72.7 Å². The second-order valence-electron chi connectivity index (χ2n) is 5.60. The van der Waals surface area contributed by atoms with Crippen molar-refractivity contribution >= 4 is 22.9 Å². The standard InChI is InChI=1S/C17H19N5OS/c1-3-12(2)14-6-4-5-7-15(14)18-16(23)10-22-20-17(19-21-22)13-8-9-24-11-13/h4-9,11-12H,3,10H2,1-2H3,(H,18,23)/t12-/m0/s1. The first-order valence-electron chi connectivity index (χ1n) is 7.86. The quantitative estimate of drug-likeness (QED) is 0.744. The first-order valence-corrected chi connectivity index (χ1v) is 8.80. The Morgan fingerprint density at radius 2 is 2.17 bits per heavy atom. The minimum absolute atomic E-state index is 0.0337. The molecule has 0 bridgehead atoms. The average molecular weight is 341 g/mol. The SMILES string of the molecule is CC[C@H](C)c1ccccc1NC(=O)Cn1nnc(-c2ccsc2)n1. The van der Waals surface area contributed by atoms with E-state index in [1.807, 2.05) is 41.1 Å². The molecule has 1 amide bonds. The van der Waals surface area contributed by atoms with Crippen molar-refractivity contribution in [2.45, 2.75) is 32.7 Å². The Kier molecular flexibility index (Phi) is 5.00. The van der Waals surface area contributed by atoms with E-state index in [1.165, 1.54) is 4.80 Å². The van der Waals surface area contributed by atoms with Crippen LogP contribution in [0, 0.1) is 0 Å². The number of tetrazole rings is 1. The third-order valence-corrected chi connectivity index (χ3v) is 4.58. The molecule has 0 aliphatic carbocycles. The van der Waals surface area contributed by atoms with Crippen LogP contribution in [0.25, 0.3) is 11.4 Å². The number of rotatable bonds is 6. The van der Waals surface area contributed by atoms with Crippen molar-refractivity contribution < 1.29 is 4.79 Å². The summed E-state index contributed by atoms with van der Waals surface area (Å²) in [6, 6.07) is 9.80. The van der Waals surface area contributed by atoms with Gasteiger partial charge in [0.2, 0.25) is 11.7 Å². The van der Waals surface area contributed by atoms with Gasteiger partial charge in [0.05, 0.1) is 0 Å². The normalized spacial score (nSPS) is 12.1. The van der Waals surface area contributed by atoms with Crippen LogP contribution in [0.1, 0.15) is 31.7 Å². The first kappa shape index (κ1) is 16.3. The minimum Gasteiger partial charge on any atom is -0.324 e. The van der Waals surface area contributed by atoms with E-state index in [9.17, 15) is 4.79 Å². The van der Waals surface area contributed by atoms with Crippen LogP contribution in [0.3, 0.4) is 0 Å². The molecule has 2 aromatic heterocycles. The summed E-state index contributed by atoms with van der Waals surface area (Å²) in [5, 5.41) is 19.0. The van der Waals surface area contributed by atoms with Crippen LogP contribution >= 0.6 is 11.3 Å². The molecular formula is C17H19N5OS. The molecule has 0 aliphatic heterocycles. The number of benzene rings is 1. The summed E-state index contributed by atoms with van der Waals surface area (Å²) in [7, 11) is 0. The molecule has 0 fully saturated rings. The largest absolute Gasteiger partial charge is 0.324 e. The second-order valence-corrected chi connectivity index (χ2v) is 6.38. The second kappa shape index (κ2) is 7.35. The van der Waals surface area contributed by atoms with E-state index < -0.39 is 0 Å². The highest BCUT2D eigenvalue weighted by Crippen LogP contribution is 2.26. The summed E-state index contributed by atoms with van der Waals surface area (Å²) in [6.45, 7) is 4.32. The molecule has 124 valence electrons. The predicted octanol–water partition coefficient (Wildman–Crippen LogP) is 3.55. The molecule has 0 spiro atoms. The number of para-hydroxylation sites is 1. The Morgan fingerprint density at radius 3 is 2.92 bits per heavy atom. The fourth-order valence-corrected chi connectivity index (χ4v) is 3.03. The summed E-state index contributed by atoms with van der Waals surface area (Å²) in [5.41, 5.74) is 2.89. The highest BCUT2D eigenvalue weighted by molar-refractivity contribution is 7.08. The average Bonchev–Trinajstić information content (AvgIpc) is 3.25. The number of thiophene rings is 1. The Morgan fingerprint density at radius 1 is 1.33 bits per heavy atom. The number of hydrogen-bond donors (Lipinski definition) is 1. The highest BCUT2D eigenvalue weighted by atomic mass is 32.1. The molecule has 0 saturated heterocycles. The van der Waals surface area contributed by atoms with Crippen molar-refractivity contribution in [3.05, 3.63) is 46.7 Å². The number of carbonyl (C=O) groups excluding carboxylic acids is 1. The van der Waals surface area contributed by atoms with Gasteiger partial charge in [0, 0.05) is 16.6 Å². The lowest BCUT2D eigenvalue weighted by molar-refractivity contribution is -0.117. The number of nitrogens with zero attached hydrogens (tertiary/aromatic N) is 4. The van der Waals surface area contributed by atoms with Crippen molar-refractivity contribution in [2.24, 2.45) is 0 Å². The lowest BCUT2D eigenvalue weighted by atomic mass is 9.97. The van der Waals surface area contributed by atoms with Gasteiger partial charge in [-0.25, -0.2) is 0 Å². The van der Waals surface area contributed by atoms with E-state index in [4.69, 9.17) is 0 Å². The Balaban J connectivity index is 1.68. The first-order chi connectivity index (χ1) is 11.7. The number of carbonyl (C=O) groups is 1. The van der Waals surface area contributed by atoms with Gasteiger partial charge in [-0.3, -0.25) is 4.79 Å². The molecule has 0 radical (unpaired) electrons. The summed E-state index contributed by atoms with van der Waals surface area (Å²) in [5.74, 6) is 0.750. The van der Waals surface area contributed by atoms with Crippen molar-refractivity contribution in [3.8, 4) is 11.4 Å². The summed E-state index contributed by atoms with van der Waals surface area (Å²) in [6.07, 6.45) is 1.02. The maximum absolute atomic E-state index is 12.3. The number of amides is 1. The Bertz CT molecular complexity index is 812. The summed E-state index contributed by atoms with van der Waals surface area (Å²) in [4.78, 5) is 13.6. The molecule has 1 atom stereocenters. The lowest BCUT2D eigenvalue weighted by Crippen LogP contribution is -2.21. The van der Waals surface area contributed by atoms with E-state index in [2.05, 4.69) is 34.6 Å². The molecule has 3 aromatic rings. The van der Waals surface area contributed by atoms with Crippen molar-refractivity contribution in [1.82, 2.24) is 20.2 Å². The fraction of sp³-hybridized carbons (Fsp3) is 0.294. The van der Waals surface area contributed by atoms with Gasteiger partial charge >= 0.3 is 0 Å². The maximum Gasteiger partial charge on any atom is 0.248 e. The molecule has 0 saturated carbocycles. The van der Waals surface area contributed by atoms with Crippen LogP contribution in [0.15, 0.2) is 41.1 Å². The number of hydrogen-bond acceptors (Lipinski definition) is 5. The van der Waals surface area contributed by atoms with Gasteiger partial charge in [0.25, 0.3) is 0 Å². The van der Waals surface area contributed by atoms with Crippen LogP contribution in [0.5, 0.6) is 0 Å². The van der Waals surface area contributed by atoms with Crippen molar-refractivity contribution in [1.29, 1.82) is 0 Å². The van der Waals surface area contributed by atoms with Gasteiger partial charge in [0.15, 0.2) is 0 Å². The summed E-state index contributed by atoms with van der Waals surface area (Å²) >= 11 is 1.57. The van der Waals surface area contributed by atoms with E-state index in [0.29, 0.717) is 11.7 Å². The zero-order valence-corrected chi connectivity index (χ0v) is 14.5. The number of anilines is 1. The lowest BCUT2D eigenvalue weighted by Gasteiger charge is -2.15. The van der Waals surface area contributed by atoms with Gasteiger partial charge < -0.3 is 5.32 Å². The number of nitrogens with one attached hydrogen (secondary N) is 1. The van der Waals surface area contributed by atoms with Crippen LogP contribution in [0.2, 0.25) is 0 Å². The molecular weight excluding hydrogens is 322 g/mol. The van der Waals surface area contributed by atoms with Gasteiger partial charge in [-0.2, -0.15) is 16.1 Å². The zero-order valence-electron chi connectivity index (χ0n) is 13.6. The molecule has 2 heterocycles. The molecule has 6 nitrogen and oxygen atoms in total. The van der Waals surface area contributed by atoms with Crippen LogP contribution < -0.4 is 5.32 Å². The minimum atomic E-state index is -0.167. The highest BCUT2D eigenvalue weighted by Gasteiger charge is 2.13. The maximum atomic E-state index is 12.3. The Hall–Kier alpha value is -2.54. The zero-order chi connectivity index (χ0) is 16.9. The van der Waals surface area contributed by atoms with E-state index in [-0.39, 0.29) is 12.5 Å². The molecule has 24 heavy (non-hydrogen) atoms. The van der Waals surface area contributed by atoms with Crippen LogP contribution in [0.4, 0.5) is 5.69 Å². The molecule has 0 aliphatic rings. The molecule has 1 aromatic carbocycles. The predicted molar refractivity (Wildman–Crippen MR) is 94.9 cm³/mol. The monoisotopic (exact) mass is 341 g/mol. The third-order valence-electron chi connectivity index (χ3n) is 3.90. The van der Waals surface area contributed by atoms with Crippen LogP contribution in [-0.4, -0.2) is 26.1 Å². The fourth-order valence-electron chi connectivity index (χ4n) is 2.40. The van der Waals surface area contributed by atoms with E-state index in [0.717, 1.165) is 23.2 Å².